The van der Waals surface area contributed by atoms with Crippen LogP contribution in [0.15, 0.2) is 29.3 Å². The fourth-order valence-corrected chi connectivity index (χ4v) is 4.32. The van der Waals surface area contributed by atoms with Crippen molar-refractivity contribution in [3.05, 3.63) is 40.4 Å². The van der Waals surface area contributed by atoms with E-state index in [1.54, 1.807) is 0 Å². The lowest BCUT2D eigenvalue weighted by molar-refractivity contribution is -0.151. The number of rotatable bonds is 6. The minimum Gasteiger partial charge on any atom is -0.465 e. The molecule has 0 aromatic heterocycles. The van der Waals surface area contributed by atoms with E-state index in [1.807, 2.05) is 23.2 Å². The van der Waals surface area contributed by atoms with E-state index in [-0.39, 0.29) is 36.9 Å². The van der Waals surface area contributed by atoms with Crippen molar-refractivity contribution >= 4 is 28.0 Å². The lowest BCUT2D eigenvalue weighted by Gasteiger charge is -2.36. The van der Waals surface area contributed by atoms with Crippen molar-refractivity contribution in [3.63, 3.8) is 0 Å². The Morgan fingerprint density at radius 1 is 1.42 bits per heavy atom. The molecule has 3 rings (SSSR count). The summed E-state index contributed by atoms with van der Waals surface area (Å²) in [7, 11) is 0. The summed E-state index contributed by atoms with van der Waals surface area (Å²) in [6.07, 6.45) is 5.32. The topological polar surface area (TPSA) is 38.3 Å². The van der Waals surface area contributed by atoms with Crippen molar-refractivity contribution in [1.82, 2.24) is 5.32 Å². The lowest BCUT2D eigenvalue weighted by atomic mass is 9.76. The highest BCUT2D eigenvalue weighted by molar-refractivity contribution is 9.11. The molecule has 0 amide bonds. The van der Waals surface area contributed by atoms with Gasteiger partial charge in [0.25, 0.3) is 0 Å². The summed E-state index contributed by atoms with van der Waals surface area (Å²) >= 11 is 3.31. The molecule has 3 nitrogen and oxygen atoms in total. The molecular formula is C19H23BrFNO2. The summed E-state index contributed by atoms with van der Waals surface area (Å²) in [5.74, 6) is -0.218. The maximum Gasteiger partial charge on any atom is 0.311 e. The zero-order valence-corrected chi connectivity index (χ0v) is 15.2. The fraction of sp³-hybridized carbons (Fsp3) is 0.526. The molecule has 2 bridgehead atoms. The molecule has 1 N–H and O–H groups in total. The van der Waals surface area contributed by atoms with Crippen molar-refractivity contribution in [2.45, 2.75) is 43.7 Å². The van der Waals surface area contributed by atoms with Crippen LogP contribution in [0.4, 0.5) is 4.39 Å². The summed E-state index contributed by atoms with van der Waals surface area (Å²) in [6.45, 7) is -0.285. The number of hydrogen-bond acceptors (Lipinski definition) is 3. The predicted octanol–water partition coefficient (Wildman–Crippen LogP) is 4.18. The molecule has 24 heavy (non-hydrogen) atoms. The van der Waals surface area contributed by atoms with Gasteiger partial charge in [-0.25, -0.2) is 0 Å². The third kappa shape index (κ3) is 3.89. The summed E-state index contributed by atoms with van der Waals surface area (Å²) in [4.78, 5) is 14.5. The second-order valence-electron chi connectivity index (χ2n) is 6.59. The molecule has 0 radical (unpaired) electrons. The Labute approximate surface area is 150 Å². The number of ether oxygens (including phenoxy) is 1. The minimum atomic E-state index is -0.452. The Morgan fingerprint density at radius 2 is 2.29 bits per heavy atom. The summed E-state index contributed by atoms with van der Waals surface area (Å²) in [5.41, 5.74) is 2.30. The average Bonchev–Trinajstić information content (AvgIpc) is 2.96. The van der Waals surface area contributed by atoms with Crippen molar-refractivity contribution in [3.8, 4) is 0 Å². The number of esters is 1. The van der Waals surface area contributed by atoms with Crippen LogP contribution >= 0.6 is 15.9 Å². The minimum absolute atomic E-state index is 0.158. The Morgan fingerprint density at radius 3 is 3.08 bits per heavy atom. The molecule has 0 aliphatic carbocycles. The SMILES string of the molecule is O=C(OCCC[18F])C1C2CCC(CC1c1cccc(/C=C\Br)c1)N2. The molecule has 4 atom stereocenters. The number of alkyl halides is 1. The number of piperidine rings is 1. The quantitative estimate of drug-likeness (QED) is 0.580. The van der Waals surface area contributed by atoms with Gasteiger partial charge < -0.3 is 10.1 Å². The van der Waals surface area contributed by atoms with Crippen molar-refractivity contribution in [2.75, 3.05) is 13.3 Å². The molecule has 5 heteroatoms. The number of carbonyl (C=O) groups excluding carboxylic acids is 1. The van der Waals surface area contributed by atoms with Gasteiger partial charge in [-0.05, 0) is 41.5 Å². The standard InChI is InChI=1S/C19H23BrFNO2/c20-8-7-13-3-1-4-14(11-13)16-12-15-5-6-17(22-15)18(16)19(23)24-10-2-9-21/h1,3-4,7-8,11,15-18,22H,2,5-6,9-10,12H2/b8-7-/i21-1. The molecule has 2 aliphatic heterocycles. The first kappa shape index (κ1) is 17.6. The zero-order chi connectivity index (χ0) is 16.9. The first-order valence-corrected chi connectivity index (χ1v) is 9.50. The van der Waals surface area contributed by atoms with Gasteiger partial charge in [0.05, 0.1) is 19.2 Å². The van der Waals surface area contributed by atoms with Gasteiger partial charge in [0.2, 0.25) is 0 Å². The Kier molecular flexibility index (Phi) is 6.06. The van der Waals surface area contributed by atoms with Crippen LogP contribution in [0.3, 0.4) is 0 Å². The molecule has 1 aromatic rings. The Balaban J connectivity index is 1.83. The highest BCUT2D eigenvalue weighted by Crippen LogP contribution is 2.42. The van der Waals surface area contributed by atoms with E-state index in [2.05, 4.69) is 33.4 Å². The van der Waals surface area contributed by atoms with Gasteiger partial charge in [-0.3, -0.25) is 9.18 Å². The van der Waals surface area contributed by atoms with Crippen LogP contribution in [0, 0.1) is 5.92 Å². The van der Waals surface area contributed by atoms with Crippen LogP contribution in [-0.2, 0) is 9.53 Å². The van der Waals surface area contributed by atoms with Gasteiger partial charge in [-0.1, -0.05) is 40.2 Å². The number of nitrogens with one attached hydrogen (secondary N) is 1. The second kappa shape index (κ2) is 8.26. The maximum absolute atomic E-state index is 12.6. The molecular weight excluding hydrogens is 372 g/mol. The van der Waals surface area contributed by atoms with E-state index in [9.17, 15) is 9.18 Å². The molecule has 2 aliphatic rings. The molecule has 4 unspecified atom stereocenters. The Bertz CT molecular complexity index is 607. The van der Waals surface area contributed by atoms with E-state index < -0.39 is 6.67 Å². The summed E-state index contributed by atoms with van der Waals surface area (Å²) < 4.78 is 17.6. The Hall–Kier alpha value is -1.20. The van der Waals surface area contributed by atoms with Crippen LogP contribution in [0.5, 0.6) is 0 Å². The van der Waals surface area contributed by atoms with E-state index in [1.165, 1.54) is 5.56 Å². The van der Waals surface area contributed by atoms with E-state index in [0.29, 0.717) is 6.04 Å². The second-order valence-corrected chi connectivity index (χ2v) is 7.12. The third-order valence-corrected chi connectivity index (χ3v) is 5.33. The van der Waals surface area contributed by atoms with Crippen LogP contribution in [0.2, 0.25) is 0 Å². The normalized spacial score (nSPS) is 29.1. The van der Waals surface area contributed by atoms with Crippen molar-refractivity contribution in [2.24, 2.45) is 5.92 Å². The smallest absolute Gasteiger partial charge is 0.311 e. The van der Waals surface area contributed by atoms with Crippen LogP contribution in [-0.4, -0.2) is 31.3 Å². The number of halogens is 2. The first-order chi connectivity index (χ1) is 11.7. The number of fused-ring (bicyclic) bond motifs is 2. The molecule has 0 saturated carbocycles. The number of carbonyl (C=O) groups is 1. The van der Waals surface area contributed by atoms with E-state index in [4.69, 9.17) is 4.74 Å². The van der Waals surface area contributed by atoms with Gasteiger partial charge in [0, 0.05) is 24.4 Å². The largest absolute Gasteiger partial charge is 0.465 e. The molecule has 2 saturated heterocycles. The third-order valence-electron chi connectivity index (χ3n) is 5.07. The molecule has 1 aromatic carbocycles. The fourth-order valence-electron chi connectivity index (χ4n) is 4.01. The lowest BCUT2D eigenvalue weighted by Crippen LogP contribution is -2.48. The average molecular weight is 395 g/mol. The zero-order valence-electron chi connectivity index (χ0n) is 13.6. The van der Waals surface area contributed by atoms with Gasteiger partial charge >= 0.3 is 5.97 Å². The van der Waals surface area contributed by atoms with Crippen LogP contribution < -0.4 is 5.32 Å². The summed E-state index contributed by atoms with van der Waals surface area (Å²) in [6, 6.07) is 8.98. The highest BCUT2D eigenvalue weighted by atomic mass is 79.9. The van der Waals surface area contributed by atoms with E-state index >= 15 is 0 Å². The van der Waals surface area contributed by atoms with Gasteiger partial charge in [0.1, 0.15) is 0 Å². The van der Waals surface area contributed by atoms with Crippen LogP contribution in [0.25, 0.3) is 6.08 Å². The molecule has 2 fully saturated rings. The predicted molar refractivity (Wildman–Crippen MR) is 96.7 cm³/mol. The van der Waals surface area contributed by atoms with Crippen molar-refractivity contribution < 1.29 is 13.9 Å². The van der Waals surface area contributed by atoms with Gasteiger partial charge in [0.15, 0.2) is 0 Å². The molecule has 0 spiro atoms. The molecule has 130 valence electrons. The highest BCUT2D eigenvalue weighted by Gasteiger charge is 2.46. The maximum atomic E-state index is 12.6. The monoisotopic (exact) mass is 394 g/mol. The van der Waals surface area contributed by atoms with Gasteiger partial charge in [-0.15, -0.1) is 0 Å². The number of hydrogen-bond donors (Lipinski definition) is 1. The van der Waals surface area contributed by atoms with Crippen molar-refractivity contribution in [1.29, 1.82) is 0 Å². The summed E-state index contributed by atoms with van der Waals surface area (Å²) in [5, 5.41) is 3.55. The molecule has 2 heterocycles. The van der Waals surface area contributed by atoms with Gasteiger partial charge in [-0.2, -0.15) is 0 Å². The first-order valence-electron chi connectivity index (χ1n) is 8.58. The van der Waals surface area contributed by atoms with Crippen LogP contribution in [0.1, 0.15) is 42.7 Å². The van der Waals surface area contributed by atoms with E-state index in [0.717, 1.165) is 24.8 Å². The number of benzene rings is 1.